The van der Waals surface area contributed by atoms with E-state index in [0.717, 1.165) is 0 Å². The maximum Gasteiger partial charge on any atom is 0.216 e. The van der Waals surface area contributed by atoms with Crippen LogP contribution in [0, 0.1) is 0 Å². The third-order valence-electron chi connectivity index (χ3n) is 5.11. The molecule has 0 bridgehead atoms. The van der Waals surface area contributed by atoms with Gasteiger partial charge in [-0.15, -0.1) is 0 Å². The summed E-state index contributed by atoms with van der Waals surface area (Å²) in [5.74, 6) is -27.2. The van der Waals surface area contributed by atoms with Crippen LogP contribution in [0.2, 0.25) is 0 Å². The van der Waals surface area contributed by atoms with Crippen molar-refractivity contribution in [1.29, 1.82) is 0 Å². The van der Waals surface area contributed by atoms with Crippen LogP contribution < -0.4 is 5.32 Å². The molecule has 2 rings (SSSR count). The van der Waals surface area contributed by atoms with Gasteiger partial charge >= 0.3 is 0 Å². The molecular weight excluding hydrogens is 524 g/mol. The third-order valence-corrected chi connectivity index (χ3v) is 9.57. The average Bonchev–Trinajstić information content (AvgIpc) is 2.78. The molecule has 0 aliphatic heterocycles. The molecular formula is C16H13F10NO4S2. The second-order valence-corrected chi connectivity index (χ2v) is 11.6. The zero-order chi connectivity index (χ0) is 25.9. The Kier molecular flexibility index (Phi) is 6.97. The van der Waals surface area contributed by atoms with E-state index in [1.807, 2.05) is 0 Å². The van der Waals surface area contributed by atoms with Crippen LogP contribution in [0.25, 0.3) is 0 Å². The van der Waals surface area contributed by atoms with Crippen molar-refractivity contribution < 1.29 is 60.7 Å². The van der Waals surface area contributed by atoms with Crippen LogP contribution >= 0.6 is 0 Å². The van der Waals surface area contributed by atoms with Crippen molar-refractivity contribution in [3.05, 3.63) is 46.6 Å². The number of rotatable bonds is 6. The highest BCUT2D eigenvalue weighted by atomic mass is 32.2. The van der Waals surface area contributed by atoms with Gasteiger partial charge in [0, 0.05) is 11.5 Å². The van der Waals surface area contributed by atoms with Gasteiger partial charge in [0.15, 0.2) is 78.6 Å². The maximum absolute atomic E-state index is 14.9. The lowest BCUT2D eigenvalue weighted by Gasteiger charge is -2.45. The van der Waals surface area contributed by atoms with Gasteiger partial charge in [-0.2, -0.15) is 0 Å². The molecule has 0 radical (unpaired) electrons. The highest BCUT2D eigenvalue weighted by Gasteiger charge is 2.70. The minimum Gasteiger partial charge on any atom is -0.262 e. The van der Waals surface area contributed by atoms with E-state index in [-0.39, 0.29) is 0 Å². The van der Waals surface area contributed by atoms with E-state index in [2.05, 4.69) is 0 Å². The molecule has 2 aliphatic carbocycles. The Hall–Kier alpha value is -1.88. The van der Waals surface area contributed by atoms with Gasteiger partial charge < -0.3 is 0 Å². The topological polar surface area (TPSA) is 80.3 Å². The average molecular weight is 537 g/mol. The van der Waals surface area contributed by atoms with Gasteiger partial charge in [0.05, 0.1) is 0 Å². The Morgan fingerprint density at radius 3 is 1.15 bits per heavy atom. The van der Waals surface area contributed by atoms with Crippen LogP contribution in [0.5, 0.6) is 0 Å². The monoisotopic (exact) mass is 537 g/mol. The summed E-state index contributed by atoms with van der Waals surface area (Å²) in [7, 11) is -11.7. The van der Waals surface area contributed by atoms with Crippen LogP contribution in [0.3, 0.4) is 0 Å². The lowest BCUT2D eigenvalue weighted by atomic mass is 9.96. The number of alkyl halides is 2. The molecule has 4 unspecified atom stereocenters. The van der Waals surface area contributed by atoms with E-state index in [4.69, 9.17) is 0 Å². The van der Waals surface area contributed by atoms with E-state index < -0.39 is 99.9 Å². The molecule has 4 atom stereocenters. The predicted molar refractivity (Wildman–Crippen MR) is 94.3 cm³/mol. The van der Waals surface area contributed by atoms with Gasteiger partial charge in [-0.25, -0.2) is 60.7 Å². The molecule has 0 saturated heterocycles. The minimum atomic E-state index is -5.85. The summed E-state index contributed by atoms with van der Waals surface area (Å²) in [6, 6.07) is 0. The molecule has 0 aromatic heterocycles. The van der Waals surface area contributed by atoms with Crippen molar-refractivity contribution in [3.8, 4) is 0 Å². The van der Waals surface area contributed by atoms with E-state index >= 15 is 0 Å². The fourth-order valence-electron chi connectivity index (χ4n) is 3.24. The standard InChI is InChI=1S/C16H13F10NO4S2/c1-3-32(28,29)15(11(23)7(19)5(17)8(20)12(15)24)27-16(33(30,31)4-2)13(25)9(21)6(18)10(22)14(16)26/h11,13,27H,3-4H2,1-2H3. The van der Waals surface area contributed by atoms with Crippen LogP contribution in [0.4, 0.5) is 43.9 Å². The number of halogens is 10. The Labute approximate surface area is 180 Å². The second-order valence-electron chi connectivity index (χ2n) is 6.71. The number of hydrogen-bond donors (Lipinski definition) is 1. The first-order valence-corrected chi connectivity index (χ1v) is 12.0. The molecule has 0 heterocycles. The maximum atomic E-state index is 14.9. The van der Waals surface area contributed by atoms with Crippen molar-refractivity contribution in [1.82, 2.24) is 5.32 Å². The smallest absolute Gasteiger partial charge is 0.216 e. The van der Waals surface area contributed by atoms with Gasteiger partial charge in [0.2, 0.25) is 9.74 Å². The summed E-state index contributed by atoms with van der Waals surface area (Å²) >= 11 is 0. The molecule has 188 valence electrons. The minimum absolute atomic E-state index is 0.574. The van der Waals surface area contributed by atoms with Gasteiger partial charge in [-0.1, -0.05) is 13.8 Å². The number of sulfone groups is 2. The van der Waals surface area contributed by atoms with Crippen molar-refractivity contribution in [3.63, 3.8) is 0 Å². The van der Waals surface area contributed by atoms with Gasteiger partial charge in [0.25, 0.3) is 0 Å². The summed E-state index contributed by atoms with van der Waals surface area (Å²) in [6.07, 6.45) is -8.51. The molecule has 1 N–H and O–H groups in total. The van der Waals surface area contributed by atoms with Crippen LogP contribution in [0.15, 0.2) is 46.6 Å². The lowest BCUT2D eigenvalue weighted by Crippen LogP contribution is -2.73. The number of nitrogens with one attached hydrogen (secondary N) is 1. The third kappa shape index (κ3) is 3.37. The second kappa shape index (κ2) is 8.41. The first-order valence-electron chi connectivity index (χ1n) is 8.67. The molecule has 2 aliphatic rings. The zero-order valence-corrected chi connectivity index (χ0v) is 17.9. The molecule has 0 aromatic rings. The summed E-state index contributed by atoms with van der Waals surface area (Å²) in [5, 5.41) is 0.676. The molecule has 0 amide bonds. The lowest BCUT2D eigenvalue weighted by molar-refractivity contribution is 0.132. The fraction of sp³-hybridized carbons (Fsp3) is 0.500. The molecule has 17 heteroatoms. The largest absolute Gasteiger partial charge is 0.262 e. The molecule has 0 fully saturated rings. The Balaban J connectivity index is 3.12. The van der Waals surface area contributed by atoms with Crippen molar-refractivity contribution in [2.24, 2.45) is 0 Å². The van der Waals surface area contributed by atoms with Crippen molar-refractivity contribution in [2.45, 2.75) is 35.9 Å². The molecule has 33 heavy (non-hydrogen) atoms. The summed E-state index contributed by atoms with van der Waals surface area (Å²) in [4.78, 5) is -9.58. The number of allylic oxidation sites excluding steroid dienone is 4. The van der Waals surface area contributed by atoms with E-state index in [9.17, 15) is 60.7 Å². The van der Waals surface area contributed by atoms with Gasteiger partial charge in [-0.05, 0) is 0 Å². The number of hydrogen-bond acceptors (Lipinski definition) is 5. The highest BCUT2D eigenvalue weighted by molar-refractivity contribution is 7.94. The van der Waals surface area contributed by atoms with Crippen LogP contribution in [-0.4, -0.2) is 50.4 Å². The molecule has 0 spiro atoms. The van der Waals surface area contributed by atoms with E-state index in [1.54, 1.807) is 0 Å². The van der Waals surface area contributed by atoms with Crippen LogP contribution in [0.1, 0.15) is 13.8 Å². The first kappa shape index (κ1) is 27.4. The van der Waals surface area contributed by atoms with Crippen molar-refractivity contribution >= 4 is 19.7 Å². The SMILES string of the molecule is CCS(=O)(=O)C1(NC2(S(=O)(=O)CC)C(F)=C(F)C(F)=C(F)C2F)C(F)=C(F)C(F)=C(F)C1F. The van der Waals surface area contributed by atoms with E-state index in [0.29, 0.717) is 19.2 Å². The molecule has 0 saturated carbocycles. The van der Waals surface area contributed by atoms with Gasteiger partial charge in [0.1, 0.15) is 0 Å². The Morgan fingerprint density at radius 2 is 0.909 bits per heavy atom. The molecule has 5 nitrogen and oxygen atoms in total. The summed E-state index contributed by atoms with van der Waals surface area (Å²) < 4.78 is 193. The normalized spacial score (nSPS) is 32.2. The van der Waals surface area contributed by atoms with Gasteiger partial charge in [-0.3, -0.25) is 5.32 Å². The zero-order valence-electron chi connectivity index (χ0n) is 16.3. The molecule has 0 aromatic carbocycles. The first-order chi connectivity index (χ1) is 14.9. The summed E-state index contributed by atoms with van der Waals surface area (Å²) in [5.41, 5.74) is 0. The Morgan fingerprint density at radius 1 is 0.636 bits per heavy atom. The Bertz CT molecular complexity index is 1130. The summed E-state index contributed by atoms with van der Waals surface area (Å²) in [6.45, 7) is 1.15. The highest BCUT2D eigenvalue weighted by Crippen LogP contribution is 2.51. The van der Waals surface area contributed by atoms with Crippen molar-refractivity contribution in [2.75, 3.05) is 11.5 Å². The predicted octanol–water partition coefficient (Wildman–Crippen LogP) is 4.14. The van der Waals surface area contributed by atoms with Crippen LogP contribution in [-0.2, 0) is 19.7 Å². The quantitative estimate of drug-likeness (QED) is 0.516. The van der Waals surface area contributed by atoms with E-state index in [1.165, 1.54) is 0 Å². The fourth-order valence-corrected chi connectivity index (χ4v) is 6.41.